The van der Waals surface area contributed by atoms with Gasteiger partial charge in [-0.3, -0.25) is 19.2 Å². The average molecular weight is 733 g/mol. The van der Waals surface area contributed by atoms with E-state index in [0.29, 0.717) is 39.8 Å². The molecule has 6 aromatic rings. The molecule has 0 saturated heterocycles. The Balaban J connectivity index is 1.21. The maximum Gasteiger partial charge on any atom is 0.272 e. The summed E-state index contributed by atoms with van der Waals surface area (Å²) in [6.45, 7) is 0.411. The number of hydrogen-bond donors (Lipinski definition) is 4. The summed E-state index contributed by atoms with van der Waals surface area (Å²) in [6.07, 6.45) is 1.59. The molecule has 6 rings (SSSR count). The van der Waals surface area contributed by atoms with Gasteiger partial charge in [-0.1, -0.05) is 109 Å². The zero-order valence-corrected chi connectivity index (χ0v) is 29.8. The molecular formula is C44H36N4O5S. The zero-order valence-electron chi connectivity index (χ0n) is 29.0. The summed E-state index contributed by atoms with van der Waals surface area (Å²) in [6, 6.07) is 48.5. The Kier molecular flexibility index (Phi) is 12.3. The van der Waals surface area contributed by atoms with Crippen LogP contribution in [0.1, 0.15) is 42.7 Å². The first-order chi connectivity index (χ1) is 26.3. The van der Waals surface area contributed by atoms with E-state index < -0.39 is 23.0 Å². The molecule has 9 nitrogen and oxygen atoms in total. The summed E-state index contributed by atoms with van der Waals surface area (Å²) in [5.41, 5.74) is 9.35. The fraction of sp³-hybridized carbons (Fsp3) is 0.0455. The summed E-state index contributed by atoms with van der Waals surface area (Å²) in [5, 5.41) is 7.80. The molecule has 5 N–H and O–H groups in total. The highest BCUT2D eigenvalue weighted by Crippen LogP contribution is 2.37. The van der Waals surface area contributed by atoms with Crippen molar-refractivity contribution in [2.75, 3.05) is 10.6 Å². The molecule has 0 aromatic heterocycles. The third kappa shape index (κ3) is 10.1. The van der Waals surface area contributed by atoms with Crippen LogP contribution in [0.25, 0.3) is 6.08 Å². The van der Waals surface area contributed by atoms with Crippen LogP contribution >= 0.6 is 11.8 Å². The molecule has 0 bridgehead atoms. The van der Waals surface area contributed by atoms with Crippen molar-refractivity contribution in [1.82, 2.24) is 5.32 Å². The molecule has 0 aliphatic carbocycles. The van der Waals surface area contributed by atoms with Crippen LogP contribution in [-0.2, 0) is 16.2 Å². The summed E-state index contributed by atoms with van der Waals surface area (Å²) in [5.74, 6) is -1.36. The van der Waals surface area contributed by atoms with Crippen LogP contribution < -0.4 is 26.4 Å². The topological polar surface area (TPSA) is 140 Å². The largest absolute Gasteiger partial charge is 0.489 e. The summed E-state index contributed by atoms with van der Waals surface area (Å²) >= 11 is 1.27. The van der Waals surface area contributed by atoms with Gasteiger partial charge in [-0.15, -0.1) is 11.8 Å². The SMILES string of the molecule is NC(=O)c1ccccc1NC(=O)C(Sc1cccc(NC(=O)/C(=C\c2ccc(OCc3ccccc3)cc2)NC(=O)c2ccccc2)c1)c1ccccc1. The Bertz CT molecular complexity index is 2260. The van der Waals surface area contributed by atoms with Crippen molar-refractivity contribution in [3.63, 3.8) is 0 Å². The number of para-hydroxylation sites is 1. The van der Waals surface area contributed by atoms with Gasteiger partial charge in [-0.25, -0.2) is 0 Å². The molecule has 10 heteroatoms. The highest BCUT2D eigenvalue weighted by Gasteiger charge is 2.24. The van der Waals surface area contributed by atoms with Crippen LogP contribution in [-0.4, -0.2) is 23.6 Å². The van der Waals surface area contributed by atoms with Crippen molar-refractivity contribution >= 4 is 52.8 Å². The Morgan fingerprint density at radius 3 is 2.04 bits per heavy atom. The second kappa shape index (κ2) is 18.0. The van der Waals surface area contributed by atoms with Gasteiger partial charge >= 0.3 is 0 Å². The molecule has 0 radical (unpaired) electrons. The number of nitrogens with one attached hydrogen (secondary N) is 3. The van der Waals surface area contributed by atoms with Crippen LogP contribution in [0, 0.1) is 0 Å². The van der Waals surface area contributed by atoms with Gasteiger partial charge in [0.05, 0.1) is 11.3 Å². The molecule has 0 aliphatic heterocycles. The standard InChI is InChI=1S/C44H36N4O5S/c45-41(49)37-21-10-11-22-38(37)47-44(52)40(32-15-6-2-7-16-32)54-36-20-12-19-34(28-36)46-43(51)39(48-42(50)33-17-8-3-9-18-33)27-30-23-25-35(26-24-30)53-29-31-13-4-1-5-14-31/h1-28,40H,29H2,(H2,45,49)(H,46,51)(H,47,52)(H,48,50)/b39-27+. The van der Waals surface area contributed by atoms with E-state index in [2.05, 4.69) is 16.0 Å². The van der Waals surface area contributed by atoms with Crippen molar-refractivity contribution in [3.05, 3.63) is 197 Å². The van der Waals surface area contributed by atoms with Crippen molar-refractivity contribution < 1.29 is 23.9 Å². The number of anilines is 2. The molecule has 0 fully saturated rings. The number of carbonyl (C=O) groups excluding carboxylic acids is 4. The van der Waals surface area contributed by atoms with Crippen molar-refractivity contribution in [1.29, 1.82) is 0 Å². The maximum absolute atomic E-state index is 13.8. The predicted molar refractivity (Wildman–Crippen MR) is 213 cm³/mol. The molecule has 1 atom stereocenters. The van der Waals surface area contributed by atoms with E-state index in [1.807, 2.05) is 66.7 Å². The number of carbonyl (C=O) groups is 4. The lowest BCUT2D eigenvalue weighted by Crippen LogP contribution is -2.30. The van der Waals surface area contributed by atoms with Crippen LogP contribution in [0.3, 0.4) is 0 Å². The summed E-state index contributed by atoms with van der Waals surface area (Å²) < 4.78 is 5.91. The van der Waals surface area contributed by atoms with E-state index in [0.717, 1.165) is 11.1 Å². The Morgan fingerprint density at radius 2 is 1.33 bits per heavy atom. The summed E-state index contributed by atoms with van der Waals surface area (Å²) in [7, 11) is 0. The number of thioether (sulfide) groups is 1. The lowest BCUT2D eigenvalue weighted by Gasteiger charge is -2.18. The molecule has 0 aliphatic rings. The van der Waals surface area contributed by atoms with Crippen molar-refractivity contribution in [3.8, 4) is 5.75 Å². The van der Waals surface area contributed by atoms with Gasteiger partial charge in [0.15, 0.2) is 0 Å². The van der Waals surface area contributed by atoms with Gasteiger partial charge in [0.25, 0.3) is 17.7 Å². The second-order valence-electron chi connectivity index (χ2n) is 12.0. The fourth-order valence-electron chi connectivity index (χ4n) is 5.40. The number of ether oxygens (including phenoxy) is 1. The number of primary amides is 1. The highest BCUT2D eigenvalue weighted by molar-refractivity contribution is 8.00. The van der Waals surface area contributed by atoms with Crippen LogP contribution in [0.2, 0.25) is 0 Å². The monoisotopic (exact) mass is 732 g/mol. The Hall–Kier alpha value is -6.91. The first kappa shape index (κ1) is 36.9. The molecule has 54 heavy (non-hydrogen) atoms. The van der Waals surface area contributed by atoms with E-state index in [1.54, 1.807) is 103 Å². The van der Waals surface area contributed by atoms with E-state index in [1.165, 1.54) is 11.8 Å². The minimum absolute atomic E-state index is 0.0227. The van der Waals surface area contributed by atoms with Crippen LogP contribution in [0.15, 0.2) is 174 Å². The van der Waals surface area contributed by atoms with Crippen LogP contribution in [0.4, 0.5) is 11.4 Å². The van der Waals surface area contributed by atoms with Crippen LogP contribution in [0.5, 0.6) is 5.75 Å². The van der Waals surface area contributed by atoms with E-state index in [-0.39, 0.29) is 17.2 Å². The number of rotatable bonds is 14. The van der Waals surface area contributed by atoms with Gasteiger partial charge in [0.1, 0.15) is 23.3 Å². The first-order valence-corrected chi connectivity index (χ1v) is 17.9. The number of amides is 4. The van der Waals surface area contributed by atoms with Gasteiger partial charge in [0, 0.05) is 16.1 Å². The lowest BCUT2D eigenvalue weighted by molar-refractivity contribution is -0.116. The van der Waals surface area contributed by atoms with E-state index in [9.17, 15) is 19.2 Å². The normalized spacial score (nSPS) is 11.5. The fourth-order valence-corrected chi connectivity index (χ4v) is 6.48. The van der Waals surface area contributed by atoms with E-state index >= 15 is 0 Å². The molecular weight excluding hydrogens is 697 g/mol. The zero-order chi connectivity index (χ0) is 37.7. The van der Waals surface area contributed by atoms with Gasteiger partial charge in [-0.2, -0.15) is 0 Å². The third-order valence-electron chi connectivity index (χ3n) is 8.10. The first-order valence-electron chi connectivity index (χ1n) is 17.0. The molecule has 6 aromatic carbocycles. The van der Waals surface area contributed by atoms with E-state index in [4.69, 9.17) is 10.5 Å². The van der Waals surface area contributed by atoms with Gasteiger partial charge in [0.2, 0.25) is 5.91 Å². The molecule has 0 saturated carbocycles. The quantitative estimate of drug-likeness (QED) is 0.0657. The van der Waals surface area contributed by atoms with Gasteiger partial charge < -0.3 is 26.4 Å². The van der Waals surface area contributed by atoms with Gasteiger partial charge in [-0.05, 0) is 77.4 Å². The van der Waals surface area contributed by atoms with Crippen molar-refractivity contribution in [2.45, 2.75) is 16.8 Å². The Morgan fingerprint density at radius 1 is 0.685 bits per heavy atom. The molecule has 268 valence electrons. The maximum atomic E-state index is 13.8. The number of hydrogen-bond acceptors (Lipinski definition) is 6. The third-order valence-corrected chi connectivity index (χ3v) is 9.35. The average Bonchev–Trinajstić information content (AvgIpc) is 3.20. The molecule has 4 amide bonds. The molecule has 0 heterocycles. The molecule has 0 spiro atoms. The predicted octanol–water partition coefficient (Wildman–Crippen LogP) is 8.25. The Labute approximate surface area is 317 Å². The number of benzene rings is 6. The summed E-state index contributed by atoms with van der Waals surface area (Å²) in [4.78, 5) is 53.5. The smallest absolute Gasteiger partial charge is 0.272 e. The minimum Gasteiger partial charge on any atom is -0.489 e. The minimum atomic E-state index is -0.724. The number of nitrogens with two attached hydrogens (primary N) is 1. The molecule has 1 unspecified atom stereocenters. The second-order valence-corrected chi connectivity index (χ2v) is 13.2. The highest BCUT2D eigenvalue weighted by atomic mass is 32.2. The lowest BCUT2D eigenvalue weighted by atomic mass is 10.1. The van der Waals surface area contributed by atoms with Crippen molar-refractivity contribution in [2.24, 2.45) is 5.73 Å².